The zero-order chi connectivity index (χ0) is 12.9. The number of carbonyl (C=O) groups excluding carboxylic acids is 1. The first-order valence-corrected chi connectivity index (χ1v) is 7.93. The molecular weight excluding hydrogens is 428 g/mol. The number of halogens is 3. The van der Waals surface area contributed by atoms with Gasteiger partial charge in [-0.1, -0.05) is 66.0 Å². The monoisotopic (exact) mass is 434 g/mol. The second-order valence-corrected chi connectivity index (χ2v) is 7.58. The lowest BCUT2D eigenvalue weighted by molar-refractivity contribution is -0.155. The first kappa shape index (κ1) is 12.9. The fourth-order valence-electron chi connectivity index (χ4n) is 2.53. The van der Waals surface area contributed by atoms with Gasteiger partial charge in [-0.05, 0) is 24.1 Å². The second kappa shape index (κ2) is 4.46. The highest BCUT2D eigenvalue weighted by Gasteiger charge is 2.54. The van der Waals surface area contributed by atoms with Gasteiger partial charge in [-0.25, -0.2) is 0 Å². The van der Waals surface area contributed by atoms with Crippen molar-refractivity contribution >= 4 is 53.8 Å². The minimum Gasteiger partial charge on any atom is -0.456 e. The summed E-state index contributed by atoms with van der Waals surface area (Å²) < 4.78 is 6.59. The van der Waals surface area contributed by atoms with Crippen molar-refractivity contribution in [2.75, 3.05) is 0 Å². The van der Waals surface area contributed by atoms with Gasteiger partial charge in [-0.15, -0.1) is 0 Å². The highest BCUT2D eigenvalue weighted by Crippen LogP contribution is 2.53. The molecule has 2 aliphatic heterocycles. The maximum absolute atomic E-state index is 12.1. The number of rotatable bonds is 1. The molecule has 1 aliphatic carbocycles. The molecule has 3 aliphatic rings. The molecule has 2 bridgehead atoms. The number of carbonyl (C=O) groups is 1. The number of hydrogen-bond acceptors (Lipinski definition) is 2. The van der Waals surface area contributed by atoms with Gasteiger partial charge in [0.05, 0.1) is 0 Å². The molecule has 0 unspecified atom stereocenters. The van der Waals surface area contributed by atoms with Gasteiger partial charge < -0.3 is 4.74 Å². The summed E-state index contributed by atoms with van der Waals surface area (Å²) in [5.41, 5.74) is 1.13. The van der Waals surface area contributed by atoms with Gasteiger partial charge in [-0.2, -0.15) is 0 Å². The number of esters is 1. The Morgan fingerprint density at radius 1 is 1.28 bits per heavy atom. The van der Waals surface area contributed by atoms with Crippen LogP contribution in [-0.4, -0.2) is 16.4 Å². The van der Waals surface area contributed by atoms with Crippen molar-refractivity contribution in [3.8, 4) is 0 Å². The fourth-order valence-corrected chi connectivity index (χ4v) is 4.81. The molecule has 2 heterocycles. The molecule has 94 valence electrons. The average Bonchev–Trinajstić information content (AvgIpc) is 2.32. The maximum Gasteiger partial charge on any atom is 0.328 e. The number of alkyl halides is 1. The van der Waals surface area contributed by atoms with Crippen LogP contribution >= 0.6 is 47.8 Å². The van der Waals surface area contributed by atoms with Crippen LogP contribution in [0.1, 0.15) is 17.9 Å². The lowest BCUT2D eigenvalue weighted by Gasteiger charge is -2.44. The van der Waals surface area contributed by atoms with E-state index in [2.05, 4.69) is 47.8 Å². The average molecular weight is 437 g/mol. The molecule has 1 aromatic rings. The van der Waals surface area contributed by atoms with Crippen LogP contribution in [0.15, 0.2) is 39.3 Å². The van der Waals surface area contributed by atoms with E-state index in [-0.39, 0.29) is 18.0 Å². The molecule has 18 heavy (non-hydrogen) atoms. The van der Waals surface area contributed by atoms with E-state index in [4.69, 9.17) is 4.74 Å². The summed E-state index contributed by atoms with van der Waals surface area (Å²) >= 11 is 10.6. The molecule has 0 saturated carbocycles. The molecule has 0 radical (unpaired) electrons. The molecule has 0 N–H and O–H groups in total. The number of ether oxygens (including phenoxy) is 1. The largest absolute Gasteiger partial charge is 0.456 e. The summed E-state index contributed by atoms with van der Waals surface area (Å²) in [5, 5.41) is 0. The fraction of sp³-hybridized carbons (Fsp3) is 0.308. The Bertz CT molecular complexity index is 555. The third-order valence-electron chi connectivity index (χ3n) is 3.46. The Morgan fingerprint density at radius 2 is 2.00 bits per heavy atom. The highest BCUT2D eigenvalue weighted by molar-refractivity contribution is 9.12. The minimum absolute atomic E-state index is 0.0839. The van der Waals surface area contributed by atoms with Crippen LogP contribution in [-0.2, 0) is 9.53 Å². The Labute approximate surface area is 130 Å². The van der Waals surface area contributed by atoms with Crippen LogP contribution in [0.25, 0.3) is 0 Å². The van der Waals surface area contributed by atoms with Gasteiger partial charge in [0.2, 0.25) is 0 Å². The van der Waals surface area contributed by atoms with E-state index in [0.29, 0.717) is 0 Å². The van der Waals surface area contributed by atoms with Crippen molar-refractivity contribution in [3.63, 3.8) is 0 Å². The van der Waals surface area contributed by atoms with Gasteiger partial charge in [0, 0.05) is 14.9 Å². The van der Waals surface area contributed by atoms with Gasteiger partial charge in [0.15, 0.2) is 0 Å². The molecule has 0 spiro atoms. The van der Waals surface area contributed by atoms with E-state index >= 15 is 0 Å². The van der Waals surface area contributed by atoms with E-state index in [1.54, 1.807) is 0 Å². The normalized spacial score (nSPS) is 34.2. The molecule has 1 aromatic carbocycles. The maximum atomic E-state index is 12.1. The number of fused-ring (bicyclic) bond motifs is 2. The molecule has 5 heteroatoms. The molecule has 0 aromatic heterocycles. The van der Waals surface area contributed by atoms with Gasteiger partial charge in [0.1, 0.15) is 10.4 Å². The van der Waals surface area contributed by atoms with Crippen LogP contribution in [0.3, 0.4) is 0 Å². The van der Waals surface area contributed by atoms with Crippen LogP contribution in [0.2, 0.25) is 0 Å². The van der Waals surface area contributed by atoms with E-state index in [0.717, 1.165) is 20.9 Å². The highest BCUT2D eigenvalue weighted by atomic mass is 79.9. The molecule has 0 amide bonds. The molecular formula is C13H9Br3O2. The molecule has 4 rings (SSSR count). The van der Waals surface area contributed by atoms with E-state index in [1.165, 1.54) is 0 Å². The summed E-state index contributed by atoms with van der Waals surface area (Å²) in [6, 6.07) is 8.01. The standard InChI is InChI=1S/C13H9Br3O2/c14-9-4-2-1-3-7(9)8-5-11-10(15)6-13(8,16)12(17)18-11/h1-4,6,8,11H,5H2/t8-,11+,13+/m1/s1. The third-order valence-corrected chi connectivity index (χ3v) is 6.02. The van der Waals surface area contributed by atoms with Crippen LogP contribution in [0.4, 0.5) is 0 Å². The van der Waals surface area contributed by atoms with E-state index in [9.17, 15) is 4.79 Å². The van der Waals surface area contributed by atoms with Gasteiger partial charge >= 0.3 is 5.97 Å². The number of benzene rings is 1. The Hall–Kier alpha value is -0.130. The van der Waals surface area contributed by atoms with Crippen molar-refractivity contribution < 1.29 is 9.53 Å². The van der Waals surface area contributed by atoms with Crippen molar-refractivity contribution in [1.82, 2.24) is 0 Å². The first-order valence-electron chi connectivity index (χ1n) is 5.55. The quantitative estimate of drug-likeness (QED) is 0.485. The zero-order valence-electron chi connectivity index (χ0n) is 9.20. The van der Waals surface area contributed by atoms with Gasteiger partial charge in [-0.3, -0.25) is 4.79 Å². The Kier molecular flexibility index (Phi) is 3.19. The summed E-state index contributed by atoms with van der Waals surface area (Å²) in [6.07, 6.45) is 2.56. The molecule has 3 atom stereocenters. The predicted octanol–water partition coefficient (Wildman–Crippen LogP) is 4.27. The molecule has 1 saturated heterocycles. The van der Waals surface area contributed by atoms with Crippen LogP contribution in [0, 0.1) is 0 Å². The zero-order valence-corrected chi connectivity index (χ0v) is 14.0. The minimum atomic E-state index is -0.759. The van der Waals surface area contributed by atoms with Gasteiger partial charge in [0.25, 0.3) is 0 Å². The predicted molar refractivity (Wildman–Crippen MR) is 80.0 cm³/mol. The molecule has 1 fully saturated rings. The topological polar surface area (TPSA) is 26.3 Å². The van der Waals surface area contributed by atoms with Crippen molar-refractivity contribution in [2.45, 2.75) is 22.8 Å². The van der Waals surface area contributed by atoms with Crippen molar-refractivity contribution in [2.24, 2.45) is 0 Å². The molecule has 2 nitrogen and oxygen atoms in total. The number of hydrogen-bond donors (Lipinski definition) is 0. The first-order chi connectivity index (χ1) is 8.52. The SMILES string of the molecule is O=C1O[C@H]2C[C@H](c3ccccc3Br)[C@@]1(Br)C=C2Br. The lowest BCUT2D eigenvalue weighted by Crippen LogP contribution is -2.50. The Balaban J connectivity index is 2.11. The van der Waals surface area contributed by atoms with Crippen molar-refractivity contribution in [3.05, 3.63) is 44.9 Å². The van der Waals surface area contributed by atoms with E-state index in [1.807, 2.05) is 30.3 Å². The summed E-state index contributed by atoms with van der Waals surface area (Å²) in [5.74, 6) is -0.122. The summed E-state index contributed by atoms with van der Waals surface area (Å²) in [6.45, 7) is 0. The smallest absolute Gasteiger partial charge is 0.328 e. The Morgan fingerprint density at radius 3 is 2.72 bits per heavy atom. The summed E-state index contributed by atoms with van der Waals surface area (Å²) in [4.78, 5) is 12.1. The third kappa shape index (κ3) is 1.82. The van der Waals surface area contributed by atoms with Crippen molar-refractivity contribution in [1.29, 1.82) is 0 Å². The van der Waals surface area contributed by atoms with Crippen LogP contribution < -0.4 is 0 Å². The van der Waals surface area contributed by atoms with Crippen LogP contribution in [0.5, 0.6) is 0 Å². The van der Waals surface area contributed by atoms with E-state index < -0.39 is 4.32 Å². The second-order valence-electron chi connectivity index (χ2n) is 4.50. The summed E-state index contributed by atoms with van der Waals surface area (Å²) in [7, 11) is 0. The lowest BCUT2D eigenvalue weighted by atomic mass is 9.76.